The molecule has 0 unspecified atom stereocenters. The summed E-state index contributed by atoms with van der Waals surface area (Å²) in [5.41, 5.74) is 0.669. The minimum Gasteiger partial charge on any atom is -0.395 e. The molecular formula is C7H9O2Y-. The van der Waals surface area contributed by atoms with Crippen LogP contribution in [0.4, 0.5) is 0 Å². The summed E-state index contributed by atoms with van der Waals surface area (Å²) in [7, 11) is 0. The molecule has 10 heavy (non-hydrogen) atoms. The maximum atomic E-state index is 10.1. The Balaban J connectivity index is 0.000000810. The van der Waals surface area contributed by atoms with Crippen molar-refractivity contribution in [3.63, 3.8) is 0 Å². The van der Waals surface area contributed by atoms with Crippen LogP contribution in [0.15, 0.2) is 11.6 Å². The minimum atomic E-state index is -0.440. The van der Waals surface area contributed by atoms with Crippen LogP contribution in [-0.2, 0) is 37.5 Å². The first-order chi connectivity index (χ1) is 4.24. The van der Waals surface area contributed by atoms with Crippen molar-refractivity contribution >= 4 is 6.29 Å². The van der Waals surface area contributed by atoms with Gasteiger partial charge in [-0.3, -0.25) is 4.79 Å². The fourth-order valence-corrected chi connectivity index (χ4v) is 0.934. The van der Waals surface area contributed by atoms with Gasteiger partial charge in [0.15, 0.2) is 0 Å². The van der Waals surface area contributed by atoms with Crippen molar-refractivity contribution in [2.24, 2.45) is 5.92 Å². The van der Waals surface area contributed by atoms with Gasteiger partial charge < -0.3 is 12.0 Å². The van der Waals surface area contributed by atoms with E-state index in [-0.39, 0.29) is 38.6 Å². The van der Waals surface area contributed by atoms with Gasteiger partial charge in [-0.05, 0) is 12.0 Å². The number of carbonyl (C=O) groups excluding carboxylic acids is 1. The zero-order valence-electron chi connectivity index (χ0n) is 5.66. The fraction of sp³-hybridized carbons (Fsp3) is 0.429. The molecule has 0 aliphatic heterocycles. The van der Waals surface area contributed by atoms with Crippen molar-refractivity contribution < 1.29 is 42.6 Å². The second kappa shape index (κ2) is 4.37. The number of rotatable bonds is 1. The molecule has 1 N–H and O–H groups in total. The summed E-state index contributed by atoms with van der Waals surface area (Å²) < 4.78 is 0. The van der Waals surface area contributed by atoms with Gasteiger partial charge in [-0.2, -0.15) is 0 Å². The van der Waals surface area contributed by atoms with Crippen molar-refractivity contribution in [1.29, 1.82) is 0 Å². The second-order valence-corrected chi connectivity index (χ2v) is 2.29. The van der Waals surface area contributed by atoms with Crippen LogP contribution < -0.4 is 0 Å². The summed E-state index contributed by atoms with van der Waals surface area (Å²) in [5, 5.41) is 9.03. The van der Waals surface area contributed by atoms with Crippen LogP contribution in [0.25, 0.3) is 0 Å². The molecule has 0 aromatic carbocycles. The maximum Gasteiger partial charge on any atom is 0.145 e. The van der Waals surface area contributed by atoms with E-state index in [0.29, 0.717) is 12.0 Å². The zero-order chi connectivity index (χ0) is 6.85. The fourth-order valence-electron chi connectivity index (χ4n) is 0.934. The average Bonchev–Trinajstić information content (AvgIpc) is 2.13. The van der Waals surface area contributed by atoms with Crippen molar-refractivity contribution in [3.05, 3.63) is 18.6 Å². The maximum absolute atomic E-state index is 10.1. The van der Waals surface area contributed by atoms with Crippen LogP contribution in [0.2, 0.25) is 0 Å². The van der Waals surface area contributed by atoms with Gasteiger partial charge in [0, 0.05) is 38.8 Å². The van der Waals surface area contributed by atoms with Gasteiger partial charge in [-0.25, -0.2) is 0 Å². The third-order valence-corrected chi connectivity index (χ3v) is 1.52. The van der Waals surface area contributed by atoms with E-state index in [1.807, 2.05) is 0 Å². The molecule has 0 bridgehead atoms. The second-order valence-electron chi connectivity index (χ2n) is 2.29. The van der Waals surface area contributed by atoms with Crippen molar-refractivity contribution in [1.82, 2.24) is 0 Å². The van der Waals surface area contributed by atoms with E-state index >= 15 is 0 Å². The Labute approximate surface area is 85.6 Å². The van der Waals surface area contributed by atoms with Crippen LogP contribution in [0, 0.1) is 12.8 Å². The smallest absolute Gasteiger partial charge is 0.145 e. The van der Waals surface area contributed by atoms with Crippen LogP contribution in [0.3, 0.4) is 0 Å². The van der Waals surface area contributed by atoms with E-state index in [1.165, 1.54) is 0 Å². The topological polar surface area (TPSA) is 37.3 Å². The molecule has 1 radical (unpaired) electrons. The standard InChI is InChI=1S/C7H9O2.Y/c1-5-2-6(4-8)3-7(5)9;/h2,4-5,7,9H,1,3H2;/q-1;/t5-,7+;/m1./s1. The predicted octanol–water partition coefficient (Wildman–Crippen LogP) is 0.324. The molecule has 0 heterocycles. The van der Waals surface area contributed by atoms with E-state index in [1.54, 1.807) is 6.08 Å². The molecule has 1 aliphatic carbocycles. The Bertz CT molecular complexity index is 154. The number of aldehydes is 1. The minimum absolute atomic E-state index is 0. The molecule has 0 aromatic heterocycles. The summed E-state index contributed by atoms with van der Waals surface area (Å²) >= 11 is 0. The van der Waals surface area contributed by atoms with Crippen molar-refractivity contribution in [2.45, 2.75) is 12.5 Å². The van der Waals surface area contributed by atoms with Crippen molar-refractivity contribution in [3.8, 4) is 0 Å². The largest absolute Gasteiger partial charge is 0.395 e. The van der Waals surface area contributed by atoms with Gasteiger partial charge in [0.25, 0.3) is 0 Å². The summed E-state index contributed by atoms with van der Waals surface area (Å²) in [4.78, 5) is 10.1. The van der Waals surface area contributed by atoms with E-state index in [2.05, 4.69) is 6.92 Å². The first-order valence-corrected chi connectivity index (χ1v) is 2.91. The van der Waals surface area contributed by atoms with E-state index in [9.17, 15) is 4.79 Å². The molecule has 0 saturated carbocycles. The monoisotopic (exact) mass is 214 g/mol. The van der Waals surface area contributed by atoms with Crippen LogP contribution in [0.1, 0.15) is 6.42 Å². The van der Waals surface area contributed by atoms with Gasteiger partial charge in [0.1, 0.15) is 6.29 Å². The Morgan fingerprint density at radius 2 is 2.40 bits per heavy atom. The molecule has 53 valence electrons. The molecule has 0 saturated heterocycles. The Morgan fingerprint density at radius 1 is 1.80 bits per heavy atom. The van der Waals surface area contributed by atoms with E-state index < -0.39 is 6.10 Å². The summed E-state index contributed by atoms with van der Waals surface area (Å²) in [6.07, 6.45) is 2.51. The first-order valence-electron chi connectivity index (χ1n) is 2.91. The summed E-state index contributed by atoms with van der Waals surface area (Å²) in [5.74, 6) is -0.0924. The van der Waals surface area contributed by atoms with Crippen molar-refractivity contribution in [2.75, 3.05) is 0 Å². The molecule has 0 fully saturated rings. The number of aliphatic hydroxyl groups is 1. The summed E-state index contributed by atoms with van der Waals surface area (Å²) in [6.45, 7) is 3.63. The Morgan fingerprint density at radius 3 is 2.60 bits per heavy atom. The first kappa shape index (κ1) is 10.5. The van der Waals surface area contributed by atoms with Crippen LogP contribution in [-0.4, -0.2) is 17.5 Å². The molecule has 2 nitrogen and oxygen atoms in total. The molecule has 3 heteroatoms. The molecule has 0 aromatic rings. The van der Waals surface area contributed by atoms with Crippen LogP contribution >= 0.6 is 0 Å². The molecule has 1 rings (SSSR count). The number of carbonyl (C=O) groups is 1. The van der Waals surface area contributed by atoms with Gasteiger partial charge in [0.2, 0.25) is 0 Å². The predicted molar refractivity (Wildman–Crippen MR) is 33.6 cm³/mol. The van der Waals surface area contributed by atoms with Gasteiger partial charge in [-0.15, -0.1) is 12.0 Å². The average molecular weight is 214 g/mol. The summed E-state index contributed by atoms with van der Waals surface area (Å²) in [6, 6.07) is 0. The Kier molecular flexibility index (Phi) is 4.58. The van der Waals surface area contributed by atoms with E-state index in [0.717, 1.165) is 6.29 Å². The third-order valence-electron chi connectivity index (χ3n) is 1.52. The SMILES string of the molecule is [CH2-][C@@H]1C=C(C=O)C[C@@H]1O.[Y]. The number of hydrogen-bond acceptors (Lipinski definition) is 2. The quantitative estimate of drug-likeness (QED) is 0.504. The van der Waals surface area contributed by atoms with Gasteiger partial charge in [-0.1, -0.05) is 0 Å². The normalized spacial score (nSPS) is 30.8. The molecule has 2 atom stereocenters. The van der Waals surface area contributed by atoms with E-state index in [4.69, 9.17) is 5.11 Å². The Hall–Kier alpha value is 0.474. The third kappa shape index (κ3) is 2.26. The molecule has 0 amide bonds. The zero-order valence-corrected chi connectivity index (χ0v) is 8.49. The number of hydrogen-bond donors (Lipinski definition) is 1. The number of aliphatic hydroxyl groups excluding tert-OH is 1. The van der Waals surface area contributed by atoms with Gasteiger partial charge >= 0.3 is 0 Å². The molecule has 0 spiro atoms. The molecular weight excluding hydrogens is 205 g/mol. The van der Waals surface area contributed by atoms with Crippen LogP contribution in [0.5, 0.6) is 0 Å². The van der Waals surface area contributed by atoms with Gasteiger partial charge in [0.05, 0.1) is 0 Å². The molecule has 1 aliphatic rings.